The van der Waals surface area contributed by atoms with E-state index in [2.05, 4.69) is 9.97 Å². The van der Waals surface area contributed by atoms with Crippen LogP contribution in [0, 0.1) is 6.92 Å². The fourth-order valence-corrected chi connectivity index (χ4v) is 4.04. The Morgan fingerprint density at radius 1 is 1.19 bits per heavy atom. The normalized spacial score (nSPS) is 14.9. The number of amides is 1. The van der Waals surface area contributed by atoms with Gasteiger partial charge >= 0.3 is 12.3 Å². The molecule has 1 aromatic heterocycles. The van der Waals surface area contributed by atoms with E-state index in [4.69, 9.17) is 4.74 Å². The predicted octanol–water partition coefficient (Wildman–Crippen LogP) is 5.98. The Hall–Kier alpha value is -2.55. The van der Waals surface area contributed by atoms with Gasteiger partial charge in [-0.3, -0.25) is 0 Å². The van der Waals surface area contributed by atoms with Crippen LogP contribution in [0.4, 0.5) is 18.0 Å². The zero-order valence-electron chi connectivity index (χ0n) is 17.8. The molecular formula is C22H24F3N3O2S. The summed E-state index contributed by atoms with van der Waals surface area (Å²) in [5, 5.41) is 0.0356. The Kier molecular flexibility index (Phi) is 6.64. The van der Waals surface area contributed by atoms with Crippen LogP contribution >= 0.6 is 11.8 Å². The minimum Gasteiger partial charge on any atom is -0.444 e. The highest BCUT2D eigenvalue weighted by molar-refractivity contribution is 7.99. The molecule has 1 amide bonds. The summed E-state index contributed by atoms with van der Waals surface area (Å²) in [5.41, 5.74) is 1.37. The van der Waals surface area contributed by atoms with Gasteiger partial charge in [0.2, 0.25) is 0 Å². The molecule has 0 radical (unpaired) electrons. The molecule has 0 bridgehead atoms. The maximum absolute atomic E-state index is 13.0. The number of hydrogen-bond acceptors (Lipinski definition) is 5. The van der Waals surface area contributed by atoms with E-state index in [-0.39, 0.29) is 11.2 Å². The van der Waals surface area contributed by atoms with Crippen molar-refractivity contribution in [3.63, 3.8) is 0 Å². The SMILES string of the molecule is Cc1ccc(C2=CCN(C(=O)OC(C)(C)C)CC2)c(Sc2nccc(C(F)(F)F)n2)c1. The third kappa shape index (κ3) is 6.22. The van der Waals surface area contributed by atoms with Crippen molar-refractivity contribution >= 4 is 23.4 Å². The lowest BCUT2D eigenvalue weighted by molar-refractivity contribution is -0.141. The van der Waals surface area contributed by atoms with Crippen molar-refractivity contribution in [2.24, 2.45) is 0 Å². The number of halogens is 3. The van der Waals surface area contributed by atoms with E-state index in [1.54, 1.807) is 4.90 Å². The minimum absolute atomic E-state index is 0.0356. The van der Waals surface area contributed by atoms with Gasteiger partial charge in [-0.2, -0.15) is 13.2 Å². The summed E-state index contributed by atoms with van der Waals surface area (Å²) in [6, 6.07) is 6.66. The standard InChI is InChI=1S/C22H24F3N3O2S/c1-14-5-6-16(15-8-11-28(12-9-15)20(29)30-21(2,3)4)17(13-14)31-19-26-10-7-18(27-19)22(23,24)25/h5-8,10,13H,9,11-12H2,1-4H3. The van der Waals surface area contributed by atoms with Crippen molar-refractivity contribution < 1.29 is 22.7 Å². The van der Waals surface area contributed by atoms with Gasteiger partial charge in [0.15, 0.2) is 5.16 Å². The molecule has 0 saturated heterocycles. The van der Waals surface area contributed by atoms with Crippen molar-refractivity contribution in [3.8, 4) is 0 Å². The van der Waals surface area contributed by atoms with Gasteiger partial charge in [0, 0.05) is 24.2 Å². The predicted molar refractivity (Wildman–Crippen MR) is 113 cm³/mol. The second-order valence-corrected chi connectivity index (χ2v) is 9.24. The summed E-state index contributed by atoms with van der Waals surface area (Å²) in [6.45, 7) is 8.28. The van der Waals surface area contributed by atoms with Gasteiger partial charge in [-0.25, -0.2) is 14.8 Å². The lowest BCUT2D eigenvalue weighted by Gasteiger charge is -2.30. The molecule has 3 rings (SSSR count). The summed E-state index contributed by atoms with van der Waals surface area (Å²) in [4.78, 5) is 22.3. The first-order valence-electron chi connectivity index (χ1n) is 9.78. The van der Waals surface area contributed by atoms with Gasteiger partial charge in [-0.1, -0.05) is 18.2 Å². The molecule has 166 valence electrons. The van der Waals surface area contributed by atoms with Crippen LogP contribution in [-0.4, -0.2) is 39.7 Å². The molecule has 0 fully saturated rings. The Morgan fingerprint density at radius 2 is 1.94 bits per heavy atom. The average molecular weight is 452 g/mol. The van der Waals surface area contributed by atoms with Crippen molar-refractivity contribution in [2.45, 2.75) is 55.9 Å². The molecule has 0 aliphatic carbocycles. The van der Waals surface area contributed by atoms with Gasteiger partial charge in [0.25, 0.3) is 0 Å². The van der Waals surface area contributed by atoms with Gasteiger partial charge in [0.05, 0.1) is 0 Å². The summed E-state index contributed by atoms with van der Waals surface area (Å²) in [6.07, 6.45) is -1.20. The van der Waals surface area contributed by atoms with Crippen LogP contribution in [0.3, 0.4) is 0 Å². The van der Waals surface area contributed by atoms with Crippen LogP contribution in [0.2, 0.25) is 0 Å². The second-order valence-electron chi connectivity index (χ2n) is 8.23. The third-order valence-corrected chi connectivity index (χ3v) is 5.41. The molecule has 2 heterocycles. The number of rotatable bonds is 3. The van der Waals surface area contributed by atoms with E-state index < -0.39 is 17.5 Å². The maximum Gasteiger partial charge on any atom is 0.433 e. The number of carbonyl (C=O) groups is 1. The Labute approximate surface area is 183 Å². The number of alkyl halides is 3. The van der Waals surface area contributed by atoms with Gasteiger partial charge in [-0.15, -0.1) is 0 Å². The smallest absolute Gasteiger partial charge is 0.433 e. The van der Waals surface area contributed by atoms with Crippen molar-refractivity contribution in [2.75, 3.05) is 13.1 Å². The highest BCUT2D eigenvalue weighted by atomic mass is 32.2. The maximum atomic E-state index is 13.0. The summed E-state index contributed by atoms with van der Waals surface area (Å²) >= 11 is 1.10. The second kappa shape index (κ2) is 8.90. The fraction of sp³-hybridized carbons (Fsp3) is 0.409. The number of aromatic nitrogens is 2. The Balaban J connectivity index is 1.82. The van der Waals surface area contributed by atoms with E-state index in [9.17, 15) is 18.0 Å². The van der Waals surface area contributed by atoms with E-state index in [1.165, 1.54) is 0 Å². The number of carbonyl (C=O) groups excluding carboxylic acids is 1. The van der Waals surface area contributed by atoms with E-state index in [0.29, 0.717) is 19.5 Å². The van der Waals surface area contributed by atoms with E-state index >= 15 is 0 Å². The Bertz CT molecular complexity index is 1000. The first-order chi connectivity index (χ1) is 14.4. The van der Waals surface area contributed by atoms with Crippen LogP contribution in [0.25, 0.3) is 5.57 Å². The van der Waals surface area contributed by atoms with Crippen LogP contribution in [0.1, 0.15) is 44.0 Å². The number of nitrogens with zero attached hydrogens (tertiary/aromatic N) is 3. The average Bonchev–Trinajstić information content (AvgIpc) is 2.66. The highest BCUT2D eigenvalue weighted by Gasteiger charge is 2.33. The summed E-state index contributed by atoms with van der Waals surface area (Å²) < 4.78 is 44.4. The molecule has 0 spiro atoms. The van der Waals surface area contributed by atoms with Crippen molar-refractivity contribution in [3.05, 3.63) is 53.4 Å². The molecule has 9 heteroatoms. The molecule has 0 N–H and O–H groups in total. The number of aryl methyl sites for hydroxylation is 1. The number of ether oxygens (including phenoxy) is 1. The van der Waals surface area contributed by atoms with Crippen LogP contribution < -0.4 is 0 Å². The molecule has 0 atom stereocenters. The first kappa shape index (κ1) is 23.1. The molecule has 2 aromatic rings. The number of hydrogen-bond donors (Lipinski definition) is 0. The molecule has 31 heavy (non-hydrogen) atoms. The fourth-order valence-electron chi connectivity index (χ4n) is 3.03. The van der Waals surface area contributed by atoms with E-state index in [1.807, 2.05) is 52.0 Å². The first-order valence-corrected chi connectivity index (χ1v) is 10.6. The molecule has 0 unspecified atom stereocenters. The zero-order valence-corrected chi connectivity index (χ0v) is 18.6. The molecular weight excluding hydrogens is 427 g/mol. The number of benzene rings is 1. The van der Waals surface area contributed by atoms with Crippen LogP contribution in [0.15, 0.2) is 46.6 Å². The lowest BCUT2D eigenvalue weighted by atomic mass is 9.98. The third-order valence-electron chi connectivity index (χ3n) is 4.47. The van der Waals surface area contributed by atoms with Gasteiger partial charge in [-0.05, 0) is 74.7 Å². The van der Waals surface area contributed by atoms with Crippen LogP contribution in [-0.2, 0) is 10.9 Å². The minimum atomic E-state index is -4.52. The zero-order chi connectivity index (χ0) is 22.8. The monoisotopic (exact) mass is 451 g/mol. The van der Waals surface area contributed by atoms with Crippen molar-refractivity contribution in [1.29, 1.82) is 0 Å². The van der Waals surface area contributed by atoms with Crippen LogP contribution in [0.5, 0.6) is 0 Å². The molecule has 5 nitrogen and oxygen atoms in total. The lowest BCUT2D eigenvalue weighted by Crippen LogP contribution is -2.39. The molecule has 0 saturated carbocycles. The largest absolute Gasteiger partial charge is 0.444 e. The van der Waals surface area contributed by atoms with Gasteiger partial charge < -0.3 is 9.64 Å². The highest BCUT2D eigenvalue weighted by Crippen LogP contribution is 2.36. The van der Waals surface area contributed by atoms with Gasteiger partial charge in [0.1, 0.15) is 11.3 Å². The topological polar surface area (TPSA) is 55.3 Å². The summed E-state index contributed by atoms with van der Waals surface area (Å²) in [7, 11) is 0. The van der Waals surface area contributed by atoms with Crippen molar-refractivity contribution in [1.82, 2.24) is 14.9 Å². The molecule has 1 aliphatic rings. The Morgan fingerprint density at radius 3 is 2.55 bits per heavy atom. The molecule has 1 aromatic carbocycles. The summed E-state index contributed by atoms with van der Waals surface area (Å²) in [5.74, 6) is 0. The quantitative estimate of drug-likeness (QED) is 0.538. The van der Waals surface area contributed by atoms with E-state index in [0.717, 1.165) is 45.6 Å². The molecule has 1 aliphatic heterocycles.